The molecule has 2 N–H and O–H groups in total. The van der Waals surface area contributed by atoms with Gasteiger partial charge in [-0.1, -0.05) is 6.07 Å². The molecule has 0 bridgehead atoms. The molecule has 0 spiro atoms. The molecule has 0 unspecified atom stereocenters. The Morgan fingerprint density at radius 1 is 1.09 bits per heavy atom. The van der Waals surface area contributed by atoms with Crippen molar-refractivity contribution in [1.82, 2.24) is 4.98 Å². The van der Waals surface area contributed by atoms with Crippen LogP contribution in [-0.2, 0) is 14.8 Å². The Labute approximate surface area is 198 Å². The van der Waals surface area contributed by atoms with Crippen molar-refractivity contribution in [3.63, 3.8) is 0 Å². The summed E-state index contributed by atoms with van der Waals surface area (Å²) in [4.78, 5) is 19.6. The van der Waals surface area contributed by atoms with E-state index in [0.29, 0.717) is 54.8 Å². The second-order valence-corrected chi connectivity index (χ2v) is 9.42. The first-order valence-corrected chi connectivity index (χ1v) is 12.2. The van der Waals surface area contributed by atoms with E-state index in [1.807, 2.05) is 4.90 Å². The third-order valence-electron chi connectivity index (χ3n) is 5.45. The molecule has 2 heterocycles. The van der Waals surface area contributed by atoms with Crippen LogP contribution in [0.1, 0.15) is 15.9 Å². The Balaban J connectivity index is 1.57. The van der Waals surface area contributed by atoms with E-state index in [9.17, 15) is 13.2 Å². The molecule has 1 fully saturated rings. The monoisotopic (exact) mass is 482 g/mol. The Morgan fingerprint density at radius 2 is 1.82 bits per heavy atom. The molecule has 0 saturated carbocycles. The molecule has 1 saturated heterocycles. The number of amides is 1. The largest absolute Gasteiger partial charge is 0.497 e. The van der Waals surface area contributed by atoms with E-state index < -0.39 is 15.9 Å². The van der Waals surface area contributed by atoms with Gasteiger partial charge in [0.25, 0.3) is 15.9 Å². The maximum atomic E-state index is 13.2. The topological polar surface area (TPSA) is 110 Å². The van der Waals surface area contributed by atoms with Gasteiger partial charge in [-0.25, -0.2) is 13.4 Å². The number of nitrogens with one attached hydrogen (secondary N) is 2. The second-order valence-electron chi connectivity index (χ2n) is 7.74. The Morgan fingerprint density at radius 3 is 2.53 bits per heavy atom. The van der Waals surface area contributed by atoms with E-state index in [4.69, 9.17) is 9.47 Å². The predicted molar refractivity (Wildman–Crippen MR) is 130 cm³/mol. The SMILES string of the molecule is COc1ccc(NS(=O)(=O)c2ccc(C)c(C(=O)Nc3cccnc3N3CCOCC3)c2)cc1. The molecular weight excluding hydrogens is 456 g/mol. The number of hydrogen-bond acceptors (Lipinski definition) is 7. The number of pyridine rings is 1. The van der Waals surface area contributed by atoms with Gasteiger partial charge in [0.1, 0.15) is 5.75 Å². The second kappa shape index (κ2) is 10.1. The summed E-state index contributed by atoms with van der Waals surface area (Å²) in [6.07, 6.45) is 1.67. The molecule has 1 aliphatic rings. The fraction of sp³-hybridized carbons (Fsp3) is 0.250. The molecule has 1 aromatic heterocycles. The van der Waals surface area contributed by atoms with Gasteiger partial charge in [-0.15, -0.1) is 0 Å². The summed E-state index contributed by atoms with van der Waals surface area (Å²) in [5.74, 6) is 0.854. The average Bonchev–Trinajstić information content (AvgIpc) is 2.85. The number of anilines is 3. The maximum Gasteiger partial charge on any atom is 0.261 e. The average molecular weight is 483 g/mol. The standard InChI is InChI=1S/C24H26N4O5S/c1-17-5-10-20(34(30,31)27-18-6-8-19(32-2)9-7-18)16-21(17)24(29)26-22-4-3-11-25-23(22)28-12-14-33-15-13-28/h3-11,16,27H,12-15H2,1-2H3,(H,26,29). The van der Waals surface area contributed by atoms with E-state index in [1.165, 1.54) is 19.2 Å². The van der Waals surface area contributed by atoms with Crippen LogP contribution in [0.25, 0.3) is 0 Å². The molecular formula is C24H26N4O5S. The number of benzene rings is 2. The van der Waals surface area contributed by atoms with Gasteiger partial charge in [-0.05, 0) is 61.0 Å². The van der Waals surface area contributed by atoms with E-state index in [1.54, 1.807) is 55.6 Å². The van der Waals surface area contributed by atoms with Crippen LogP contribution in [0.4, 0.5) is 17.2 Å². The molecule has 34 heavy (non-hydrogen) atoms. The lowest BCUT2D eigenvalue weighted by atomic mass is 10.1. The number of nitrogens with zero attached hydrogens (tertiary/aromatic N) is 2. The summed E-state index contributed by atoms with van der Waals surface area (Å²) in [6, 6.07) is 14.5. The number of carbonyl (C=O) groups excluding carboxylic acids is 1. The summed E-state index contributed by atoms with van der Waals surface area (Å²) in [5.41, 5.74) is 1.85. The number of sulfonamides is 1. The highest BCUT2D eigenvalue weighted by Crippen LogP contribution is 2.26. The van der Waals surface area contributed by atoms with Gasteiger partial charge < -0.3 is 19.7 Å². The zero-order valence-corrected chi connectivity index (χ0v) is 19.8. The minimum atomic E-state index is -3.91. The summed E-state index contributed by atoms with van der Waals surface area (Å²) in [7, 11) is -2.37. The molecule has 0 atom stereocenters. The van der Waals surface area contributed by atoms with Gasteiger partial charge in [0, 0.05) is 30.5 Å². The number of ether oxygens (including phenoxy) is 2. The molecule has 0 aliphatic carbocycles. The minimum Gasteiger partial charge on any atom is -0.497 e. The van der Waals surface area contributed by atoms with Crippen molar-refractivity contribution >= 4 is 33.1 Å². The highest BCUT2D eigenvalue weighted by atomic mass is 32.2. The van der Waals surface area contributed by atoms with Crippen LogP contribution in [0.5, 0.6) is 5.75 Å². The van der Waals surface area contributed by atoms with Crippen LogP contribution in [0.15, 0.2) is 65.7 Å². The summed E-state index contributed by atoms with van der Waals surface area (Å²) in [5, 5.41) is 2.89. The van der Waals surface area contributed by atoms with Crippen LogP contribution in [0.2, 0.25) is 0 Å². The van der Waals surface area contributed by atoms with Crippen molar-refractivity contribution in [2.24, 2.45) is 0 Å². The number of rotatable bonds is 7. The van der Waals surface area contributed by atoms with Crippen LogP contribution < -0.4 is 19.7 Å². The molecule has 3 aromatic rings. The summed E-state index contributed by atoms with van der Waals surface area (Å²) < 4.78 is 38.9. The number of aromatic nitrogens is 1. The number of hydrogen-bond donors (Lipinski definition) is 2. The number of carbonyl (C=O) groups is 1. The lowest BCUT2D eigenvalue weighted by molar-refractivity contribution is 0.102. The Kier molecular flexibility index (Phi) is 6.99. The predicted octanol–water partition coefficient (Wildman–Crippen LogP) is 3.29. The minimum absolute atomic E-state index is 0.0151. The number of morpholine rings is 1. The van der Waals surface area contributed by atoms with Crippen molar-refractivity contribution in [2.45, 2.75) is 11.8 Å². The molecule has 10 heteroatoms. The van der Waals surface area contributed by atoms with Gasteiger partial charge in [-0.2, -0.15) is 0 Å². The van der Waals surface area contributed by atoms with Gasteiger partial charge in [-0.3, -0.25) is 9.52 Å². The fourth-order valence-corrected chi connectivity index (χ4v) is 4.68. The quantitative estimate of drug-likeness (QED) is 0.532. The molecule has 178 valence electrons. The van der Waals surface area contributed by atoms with Crippen LogP contribution in [0.3, 0.4) is 0 Å². The molecule has 0 radical (unpaired) electrons. The zero-order valence-electron chi connectivity index (χ0n) is 18.9. The summed E-state index contributed by atoms with van der Waals surface area (Å²) in [6.45, 7) is 4.27. The highest BCUT2D eigenvalue weighted by molar-refractivity contribution is 7.92. The highest BCUT2D eigenvalue weighted by Gasteiger charge is 2.21. The Hall–Kier alpha value is -3.63. The van der Waals surface area contributed by atoms with E-state index in [0.717, 1.165) is 0 Å². The van der Waals surface area contributed by atoms with E-state index in [2.05, 4.69) is 15.0 Å². The first kappa shape index (κ1) is 23.5. The summed E-state index contributed by atoms with van der Waals surface area (Å²) >= 11 is 0. The third-order valence-corrected chi connectivity index (χ3v) is 6.83. The maximum absolute atomic E-state index is 13.2. The van der Waals surface area contributed by atoms with Crippen LogP contribution in [-0.4, -0.2) is 52.7 Å². The van der Waals surface area contributed by atoms with Crippen molar-refractivity contribution in [3.8, 4) is 5.75 Å². The van der Waals surface area contributed by atoms with Crippen molar-refractivity contribution in [1.29, 1.82) is 0 Å². The van der Waals surface area contributed by atoms with Crippen molar-refractivity contribution in [3.05, 3.63) is 71.9 Å². The van der Waals surface area contributed by atoms with E-state index in [-0.39, 0.29) is 10.5 Å². The lowest BCUT2D eigenvalue weighted by Gasteiger charge is -2.29. The van der Waals surface area contributed by atoms with Crippen molar-refractivity contribution < 1.29 is 22.7 Å². The Bertz CT molecular complexity index is 1270. The van der Waals surface area contributed by atoms with E-state index >= 15 is 0 Å². The first-order valence-electron chi connectivity index (χ1n) is 10.7. The third kappa shape index (κ3) is 5.29. The van der Waals surface area contributed by atoms with Gasteiger partial charge in [0.2, 0.25) is 0 Å². The normalized spacial score (nSPS) is 13.9. The zero-order chi connectivity index (χ0) is 24.1. The smallest absolute Gasteiger partial charge is 0.261 e. The molecule has 2 aromatic carbocycles. The fourth-order valence-electron chi connectivity index (χ4n) is 3.60. The first-order chi connectivity index (χ1) is 16.4. The van der Waals surface area contributed by atoms with Gasteiger partial charge in [0.05, 0.1) is 30.9 Å². The van der Waals surface area contributed by atoms with Crippen LogP contribution >= 0.6 is 0 Å². The number of methoxy groups -OCH3 is 1. The molecule has 1 amide bonds. The van der Waals surface area contributed by atoms with Gasteiger partial charge in [0.15, 0.2) is 5.82 Å². The molecule has 4 rings (SSSR count). The van der Waals surface area contributed by atoms with Crippen LogP contribution in [0, 0.1) is 6.92 Å². The molecule has 1 aliphatic heterocycles. The lowest BCUT2D eigenvalue weighted by Crippen LogP contribution is -2.37. The molecule has 9 nitrogen and oxygen atoms in total. The number of aryl methyl sites for hydroxylation is 1. The van der Waals surface area contributed by atoms with Crippen molar-refractivity contribution in [2.75, 3.05) is 48.4 Å². The van der Waals surface area contributed by atoms with Gasteiger partial charge >= 0.3 is 0 Å².